The minimum Gasteiger partial charge on any atom is -0.489 e. The Bertz CT molecular complexity index is 643. The molecule has 3 nitrogen and oxygen atoms in total. The lowest BCUT2D eigenvalue weighted by Crippen LogP contribution is -2.11. The number of rotatable bonds is 6. The fourth-order valence-electron chi connectivity index (χ4n) is 1.78. The maximum Gasteiger partial charge on any atom is 0.163 e. The Hall–Kier alpha value is -1.52. The van der Waals surface area contributed by atoms with Crippen molar-refractivity contribution in [2.24, 2.45) is 0 Å². The van der Waals surface area contributed by atoms with Gasteiger partial charge in [0.2, 0.25) is 0 Å². The van der Waals surface area contributed by atoms with Gasteiger partial charge in [-0.2, -0.15) is 0 Å². The van der Waals surface area contributed by atoms with Crippen LogP contribution < -0.4 is 9.47 Å². The van der Waals surface area contributed by atoms with Crippen LogP contribution in [0.4, 0.5) is 0 Å². The summed E-state index contributed by atoms with van der Waals surface area (Å²) in [5, 5.41) is 0.640. The van der Waals surface area contributed by atoms with Crippen LogP contribution in [-0.4, -0.2) is 19.0 Å². The largest absolute Gasteiger partial charge is 0.489 e. The smallest absolute Gasteiger partial charge is 0.163 e. The summed E-state index contributed by atoms with van der Waals surface area (Å²) < 4.78 is 12.0. The molecule has 110 valence electrons. The Morgan fingerprint density at radius 3 is 2.43 bits per heavy atom. The molecule has 0 N–H and O–H groups in total. The van der Waals surface area contributed by atoms with Crippen LogP contribution >= 0.6 is 27.5 Å². The maximum atomic E-state index is 11.5. The van der Waals surface area contributed by atoms with Gasteiger partial charge in [0, 0.05) is 5.02 Å². The van der Waals surface area contributed by atoms with Crippen molar-refractivity contribution in [3.63, 3.8) is 0 Å². The highest BCUT2D eigenvalue weighted by molar-refractivity contribution is 9.10. The number of carbonyl (C=O) groups excluding carboxylic acids is 1. The van der Waals surface area contributed by atoms with Gasteiger partial charge in [-0.1, -0.05) is 23.7 Å². The van der Waals surface area contributed by atoms with E-state index in [-0.39, 0.29) is 5.78 Å². The third-order valence-corrected chi connectivity index (χ3v) is 3.61. The third-order valence-electron chi connectivity index (χ3n) is 2.76. The number of ketones is 1. The zero-order chi connectivity index (χ0) is 15.2. The van der Waals surface area contributed by atoms with Crippen LogP contribution in [0.3, 0.4) is 0 Å². The Labute approximate surface area is 137 Å². The molecule has 0 aromatic heterocycles. The van der Waals surface area contributed by atoms with Gasteiger partial charge >= 0.3 is 0 Å². The van der Waals surface area contributed by atoms with E-state index in [1.165, 1.54) is 6.92 Å². The second-order valence-corrected chi connectivity index (χ2v) is 5.61. The van der Waals surface area contributed by atoms with E-state index in [2.05, 4.69) is 15.9 Å². The van der Waals surface area contributed by atoms with E-state index in [0.717, 1.165) is 4.47 Å². The SMILES string of the molecule is CC(=O)c1ccccc1OCCOc1ccc(Cl)cc1Br. The molecule has 0 amide bonds. The lowest BCUT2D eigenvalue weighted by Gasteiger charge is -2.11. The molecular formula is C16H14BrClO3. The highest BCUT2D eigenvalue weighted by Gasteiger charge is 2.07. The molecular weight excluding hydrogens is 356 g/mol. The molecule has 0 aliphatic carbocycles. The second kappa shape index (κ2) is 7.48. The Balaban J connectivity index is 1.89. The summed E-state index contributed by atoms with van der Waals surface area (Å²) in [5.41, 5.74) is 0.574. The van der Waals surface area contributed by atoms with Crippen molar-refractivity contribution >= 4 is 33.3 Å². The van der Waals surface area contributed by atoms with E-state index in [1.807, 2.05) is 12.1 Å². The van der Waals surface area contributed by atoms with Crippen molar-refractivity contribution in [2.75, 3.05) is 13.2 Å². The van der Waals surface area contributed by atoms with Crippen LogP contribution in [0.25, 0.3) is 0 Å². The standard InChI is InChI=1S/C16H14BrClO3/c1-11(19)13-4-2-3-5-15(13)20-8-9-21-16-7-6-12(18)10-14(16)17/h2-7,10H,8-9H2,1H3. The topological polar surface area (TPSA) is 35.5 Å². The van der Waals surface area contributed by atoms with Crippen LogP contribution in [0.5, 0.6) is 11.5 Å². The molecule has 2 aromatic carbocycles. The average Bonchev–Trinajstić information content (AvgIpc) is 2.45. The van der Waals surface area contributed by atoms with E-state index >= 15 is 0 Å². The van der Waals surface area contributed by atoms with E-state index in [1.54, 1.807) is 30.3 Å². The Kier molecular flexibility index (Phi) is 5.65. The van der Waals surface area contributed by atoms with E-state index in [4.69, 9.17) is 21.1 Å². The highest BCUT2D eigenvalue weighted by Crippen LogP contribution is 2.28. The zero-order valence-corrected chi connectivity index (χ0v) is 13.8. The van der Waals surface area contributed by atoms with Crippen molar-refractivity contribution < 1.29 is 14.3 Å². The summed E-state index contributed by atoms with van der Waals surface area (Å²) in [6.07, 6.45) is 0. The van der Waals surface area contributed by atoms with Crippen molar-refractivity contribution in [3.05, 3.63) is 57.5 Å². The molecule has 0 radical (unpaired) electrons. The number of Topliss-reactive ketones (excluding diaryl/α,β-unsaturated/α-hetero) is 1. The lowest BCUT2D eigenvalue weighted by molar-refractivity contribution is 0.101. The van der Waals surface area contributed by atoms with Gasteiger partial charge in [0.25, 0.3) is 0 Å². The van der Waals surface area contributed by atoms with Gasteiger partial charge in [-0.25, -0.2) is 0 Å². The minimum absolute atomic E-state index is 0.0213. The predicted octanol–water partition coefficient (Wildman–Crippen LogP) is 4.76. The highest BCUT2D eigenvalue weighted by atomic mass is 79.9. The molecule has 0 spiro atoms. The molecule has 2 aromatic rings. The number of hydrogen-bond acceptors (Lipinski definition) is 3. The number of carbonyl (C=O) groups is 1. The quantitative estimate of drug-likeness (QED) is 0.544. The summed E-state index contributed by atoms with van der Waals surface area (Å²) >= 11 is 9.24. The van der Waals surface area contributed by atoms with Gasteiger partial charge in [0.1, 0.15) is 24.7 Å². The third kappa shape index (κ3) is 4.48. The predicted molar refractivity (Wildman–Crippen MR) is 86.6 cm³/mol. The van der Waals surface area contributed by atoms with Crippen LogP contribution in [0.1, 0.15) is 17.3 Å². The van der Waals surface area contributed by atoms with Gasteiger partial charge in [0.05, 0.1) is 10.0 Å². The molecule has 21 heavy (non-hydrogen) atoms. The zero-order valence-electron chi connectivity index (χ0n) is 11.4. The second-order valence-electron chi connectivity index (χ2n) is 4.32. The molecule has 0 fully saturated rings. The first kappa shape index (κ1) is 15.9. The molecule has 0 saturated carbocycles. The first-order chi connectivity index (χ1) is 10.1. The molecule has 2 rings (SSSR count). The molecule has 0 bridgehead atoms. The minimum atomic E-state index is -0.0213. The maximum absolute atomic E-state index is 11.5. The van der Waals surface area contributed by atoms with Gasteiger partial charge in [-0.15, -0.1) is 0 Å². The number of benzene rings is 2. The van der Waals surface area contributed by atoms with Crippen LogP contribution in [0.2, 0.25) is 5.02 Å². The van der Waals surface area contributed by atoms with Gasteiger partial charge in [0.15, 0.2) is 5.78 Å². The molecule has 0 aliphatic rings. The Morgan fingerprint density at radius 2 is 1.76 bits per heavy atom. The summed E-state index contributed by atoms with van der Waals surface area (Å²) in [5.74, 6) is 1.25. The van der Waals surface area contributed by atoms with Gasteiger partial charge < -0.3 is 9.47 Å². The van der Waals surface area contributed by atoms with Crippen molar-refractivity contribution in [1.29, 1.82) is 0 Å². The summed E-state index contributed by atoms with van der Waals surface area (Å²) in [6.45, 7) is 2.23. The van der Waals surface area contributed by atoms with E-state index < -0.39 is 0 Å². The molecule has 0 heterocycles. The van der Waals surface area contributed by atoms with Crippen LogP contribution in [-0.2, 0) is 0 Å². The summed E-state index contributed by atoms with van der Waals surface area (Å²) in [4.78, 5) is 11.5. The lowest BCUT2D eigenvalue weighted by atomic mass is 10.1. The van der Waals surface area contributed by atoms with Gasteiger partial charge in [-0.3, -0.25) is 4.79 Å². The Morgan fingerprint density at radius 1 is 1.10 bits per heavy atom. The fourth-order valence-corrected chi connectivity index (χ4v) is 2.58. The summed E-state index contributed by atoms with van der Waals surface area (Å²) in [6, 6.07) is 12.5. The molecule has 0 aliphatic heterocycles. The van der Waals surface area contributed by atoms with Crippen molar-refractivity contribution in [3.8, 4) is 11.5 Å². The van der Waals surface area contributed by atoms with E-state index in [9.17, 15) is 4.79 Å². The van der Waals surface area contributed by atoms with Crippen molar-refractivity contribution in [1.82, 2.24) is 0 Å². The number of hydrogen-bond donors (Lipinski definition) is 0. The molecule has 0 saturated heterocycles. The number of halogens is 2. The number of ether oxygens (including phenoxy) is 2. The first-order valence-corrected chi connectivity index (χ1v) is 7.55. The van der Waals surface area contributed by atoms with Crippen LogP contribution in [0.15, 0.2) is 46.9 Å². The molecule has 0 unspecified atom stereocenters. The first-order valence-electron chi connectivity index (χ1n) is 6.38. The fraction of sp³-hybridized carbons (Fsp3) is 0.188. The summed E-state index contributed by atoms with van der Waals surface area (Å²) in [7, 11) is 0. The number of para-hydroxylation sites is 1. The molecule has 5 heteroatoms. The van der Waals surface area contributed by atoms with E-state index in [0.29, 0.717) is 35.3 Å². The monoisotopic (exact) mass is 368 g/mol. The average molecular weight is 370 g/mol. The molecule has 0 atom stereocenters. The normalized spacial score (nSPS) is 10.2. The van der Waals surface area contributed by atoms with Gasteiger partial charge in [-0.05, 0) is 53.2 Å². The van der Waals surface area contributed by atoms with Crippen LogP contribution in [0, 0.1) is 0 Å². The van der Waals surface area contributed by atoms with Crippen molar-refractivity contribution in [2.45, 2.75) is 6.92 Å².